The third kappa shape index (κ3) is 4.55. The van der Waals surface area contributed by atoms with Gasteiger partial charge in [-0.1, -0.05) is 127 Å². The fraction of sp³-hybridized carbons (Fsp3) is 0. The van der Waals surface area contributed by atoms with E-state index in [2.05, 4.69) is 175 Å². The molecule has 2 aromatic heterocycles. The topological polar surface area (TPSA) is 16.4 Å². The van der Waals surface area contributed by atoms with Gasteiger partial charge in [0.1, 0.15) is 11.2 Å². The minimum atomic E-state index is 0.882. The highest BCUT2D eigenvalue weighted by atomic mass is 32.1. The van der Waals surface area contributed by atoms with Gasteiger partial charge < -0.3 is 9.32 Å². The fourth-order valence-electron chi connectivity index (χ4n) is 7.42. The van der Waals surface area contributed by atoms with Crippen LogP contribution in [0.4, 0.5) is 17.1 Å². The lowest BCUT2D eigenvalue weighted by molar-refractivity contribution is 0.669. The third-order valence-electron chi connectivity index (χ3n) is 9.67. The van der Waals surface area contributed by atoms with Gasteiger partial charge in [0, 0.05) is 47.9 Å². The van der Waals surface area contributed by atoms with Crippen molar-refractivity contribution in [3.63, 3.8) is 0 Å². The Hall–Kier alpha value is -6.16. The SMILES string of the molecule is c1ccc(-c2ccc(N(c3ccc4c(c3)sc3ccccc34)c3ccc4oc5ccccc5c4c3-c3cccc4ccccc34)cc2)cc1. The molecule has 230 valence electrons. The van der Waals surface area contributed by atoms with Crippen molar-refractivity contribution in [1.82, 2.24) is 0 Å². The molecule has 8 aromatic carbocycles. The number of nitrogens with zero attached hydrogens (tertiary/aromatic N) is 1. The van der Waals surface area contributed by atoms with E-state index in [9.17, 15) is 0 Å². The Morgan fingerprint density at radius 3 is 1.98 bits per heavy atom. The second-order valence-electron chi connectivity index (χ2n) is 12.5. The van der Waals surface area contributed by atoms with E-state index in [1.807, 2.05) is 17.4 Å². The zero-order chi connectivity index (χ0) is 32.3. The van der Waals surface area contributed by atoms with Crippen LogP contribution in [-0.4, -0.2) is 0 Å². The zero-order valence-corrected chi connectivity index (χ0v) is 27.3. The molecule has 0 saturated heterocycles. The number of furan rings is 1. The standard InChI is InChI=1S/C46H29NOS/c1-2-11-30(12-3-1)31-21-23-33(24-22-31)47(34-25-26-37-36-16-7-9-20-43(36)49-44(37)29-34)40-27-28-42-46(39-17-6-8-19-41(39)48-42)45(40)38-18-10-14-32-13-4-5-15-35(32)38/h1-29H. The molecule has 0 aliphatic rings. The second-order valence-corrected chi connectivity index (χ2v) is 13.6. The molecular weight excluding hydrogens is 615 g/mol. The molecule has 0 radical (unpaired) electrons. The summed E-state index contributed by atoms with van der Waals surface area (Å²) in [5.41, 5.74) is 9.80. The first kappa shape index (κ1) is 27.9. The lowest BCUT2D eigenvalue weighted by Crippen LogP contribution is -2.11. The van der Waals surface area contributed by atoms with E-state index in [1.165, 1.54) is 47.6 Å². The number of fused-ring (bicyclic) bond motifs is 7. The summed E-state index contributed by atoms with van der Waals surface area (Å²) >= 11 is 1.85. The Kier molecular flexibility index (Phi) is 6.39. The number of hydrogen-bond acceptors (Lipinski definition) is 3. The third-order valence-corrected chi connectivity index (χ3v) is 10.8. The van der Waals surface area contributed by atoms with Gasteiger partial charge in [0.15, 0.2) is 0 Å². The number of rotatable bonds is 5. The molecule has 0 spiro atoms. The van der Waals surface area contributed by atoms with Crippen LogP contribution in [0.15, 0.2) is 180 Å². The van der Waals surface area contributed by atoms with E-state index in [0.717, 1.165) is 44.6 Å². The van der Waals surface area contributed by atoms with Crippen molar-refractivity contribution >= 4 is 81.3 Å². The molecule has 0 aliphatic carbocycles. The maximum Gasteiger partial charge on any atom is 0.136 e. The van der Waals surface area contributed by atoms with Crippen LogP contribution in [-0.2, 0) is 0 Å². The van der Waals surface area contributed by atoms with Gasteiger partial charge >= 0.3 is 0 Å². The number of benzene rings is 8. The van der Waals surface area contributed by atoms with Gasteiger partial charge in [-0.3, -0.25) is 0 Å². The number of para-hydroxylation sites is 1. The Balaban J connectivity index is 1.29. The van der Waals surface area contributed by atoms with Crippen molar-refractivity contribution in [3.05, 3.63) is 176 Å². The van der Waals surface area contributed by atoms with Crippen LogP contribution in [0, 0.1) is 0 Å². The summed E-state index contributed by atoms with van der Waals surface area (Å²) in [5, 5.41) is 7.24. The van der Waals surface area contributed by atoms with Crippen molar-refractivity contribution in [2.45, 2.75) is 0 Å². The van der Waals surface area contributed by atoms with E-state index in [1.54, 1.807) is 0 Å². The summed E-state index contributed by atoms with van der Waals surface area (Å²) in [5.74, 6) is 0. The maximum atomic E-state index is 6.51. The first-order valence-electron chi connectivity index (χ1n) is 16.6. The van der Waals surface area contributed by atoms with Crippen molar-refractivity contribution in [1.29, 1.82) is 0 Å². The van der Waals surface area contributed by atoms with Crippen molar-refractivity contribution in [3.8, 4) is 22.3 Å². The highest BCUT2D eigenvalue weighted by Crippen LogP contribution is 2.49. The molecule has 49 heavy (non-hydrogen) atoms. The molecule has 0 bridgehead atoms. The van der Waals surface area contributed by atoms with Crippen LogP contribution in [0.3, 0.4) is 0 Å². The first-order chi connectivity index (χ1) is 24.3. The van der Waals surface area contributed by atoms with Crippen LogP contribution >= 0.6 is 11.3 Å². The largest absolute Gasteiger partial charge is 0.456 e. The summed E-state index contributed by atoms with van der Waals surface area (Å²) in [7, 11) is 0. The van der Waals surface area contributed by atoms with Gasteiger partial charge in [-0.15, -0.1) is 11.3 Å². The molecule has 0 N–H and O–H groups in total. The minimum absolute atomic E-state index is 0.882. The van der Waals surface area contributed by atoms with Crippen molar-refractivity contribution < 1.29 is 4.42 Å². The lowest BCUT2D eigenvalue weighted by atomic mass is 9.92. The molecule has 3 heteroatoms. The predicted molar refractivity (Wildman–Crippen MR) is 210 cm³/mol. The number of thiophene rings is 1. The summed E-state index contributed by atoms with van der Waals surface area (Å²) in [6, 6.07) is 63.3. The highest BCUT2D eigenvalue weighted by molar-refractivity contribution is 7.25. The molecule has 0 amide bonds. The average Bonchev–Trinajstić information content (AvgIpc) is 3.73. The minimum Gasteiger partial charge on any atom is -0.456 e. The number of hydrogen-bond donors (Lipinski definition) is 0. The smallest absolute Gasteiger partial charge is 0.136 e. The quantitative estimate of drug-likeness (QED) is 0.186. The van der Waals surface area contributed by atoms with E-state index in [0.29, 0.717) is 0 Å². The van der Waals surface area contributed by atoms with Gasteiger partial charge in [-0.05, 0) is 76.0 Å². The average molecular weight is 644 g/mol. The monoisotopic (exact) mass is 643 g/mol. The van der Waals surface area contributed by atoms with Crippen LogP contribution in [0.25, 0.3) is 75.1 Å². The maximum absolute atomic E-state index is 6.51. The van der Waals surface area contributed by atoms with E-state index < -0.39 is 0 Å². The number of anilines is 3. The molecular formula is C46H29NOS. The Morgan fingerprint density at radius 1 is 0.429 bits per heavy atom. The molecule has 0 fully saturated rings. The predicted octanol–water partition coefficient (Wildman–Crippen LogP) is 13.9. The Labute approximate surface area is 287 Å². The lowest BCUT2D eigenvalue weighted by Gasteiger charge is -2.29. The molecule has 10 aromatic rings. The normalized spacial score (nSPS) is 11.7. The van der Waals surface area contributed by atoms with Crippen LogP contribution in [0.5, 0.6) is 0 Å². The molecule has 0 unspecified atom stereocenters. The Morgan fingerprint density at radius 2 is 1.10 bits per heavy atom. The summed E-state index contributed by atoms with van der Waals surface area (Å²) in [6.45, 7) is 0. The van der Waals surface area contributed by atoms with Crippen molar-refractivity contribution in [2.24, 2.45) is 0 Å². The summed E-state index contributed by atoms with van der Waals surface area (Å²) in [4.78, 5) is 2.43. The Bertz CT molecular complexity index is 2820. The molecule has 0 saturated carbocycles. The van der Waals surface area contributed by atoms with E-state index in [4.69, 9.17) is 4.42 Å². The van der Waals surface area contributed by atoms with Gasteiger partial charge in [0.25, 0.3) is 0 Å². The molecule has 2 nitrogen and oxygen atoms in total. The molecule has 2 heterocycles. The van der Waals surface area contributed by atoms with E-state index >= 15 is 0 Å². The van der Waals surface area contributed by atoms with Crippen LogP contribution in [0.1, 0.15) is 0 Å². The second kappa shape index (κ2) is 11.2. The zero-order valence-electron chi connectivity index (χ0n) is 26.5. The summed E-state index contributed by atoms with van der Waals surface area (Å²) < 4.78 is 9.08. The highest BCUT2D eigenvalue weighted by Gasteiger charge is 2.24. The summed E-state index contributed by atoms with van der Waals surface area (Å²) in [6.07, 6.45) is 0. The van der Waals surface area contributed by atoms with Gasteiger partial charge in [0.05, 0.1) is 5.69 Å². The first-order valence-corrected chi connectivity index (χ1v) is 17.4. The fourth-order valence-corrected chi connectivity index (χ4v) is 8.56. The molecule has 0 atom stereocenters. The molecule has 10 rings (SSSR count). The van der Waals surface area contributed by atoms with Crippen LogP contribution < -0.4 is 4.90 Å². The van der Waals surface area contributed by atoms with Gasteiger partial charge in [-0.25, -0.2) is 0 Å². The van der Waals surface area contributed by atoms with Crippen LogP contribution in [0.2, 0.25) is 0 Å². The van der Waals surface area contributed by atoms with E-state index in [-0.39, 0.29) is 0 Å². The van der Waals surface area contributed by atoms with Gasteiger partial charge in [-0.2, -0.15) is 0 Å². The molecule has 0 aliphatic heterocycles. The van der Waals surface area contributed by atoms with Gasteiger partial charge in [0.2, 0.25) is 0 Å². The van der Waals surface area contributed by atoms with Crippen molar-refractivity contribution in [2.75, 3.05) is 4.90 Å².